The van der Waals surface area contributed by atoms with Crippen LogP contribution in [0.15, 0.2) is 18.2 Å². The van der Waals surface area contributed by atoms with Crippen LogP contribution >= 0.6 is 0 Å². The smallest absolute Gasteiger partial charge is 0.143 e. The van der Waals surface area contributed by atoms with Crippen molar-refractivity contribution in [2.24, 2.45) is 0 Å². The van der Waals surface area contributed by atoms with E-state index in [9.17, 15) is 4.79 Å². The van der Waals surface area contributed by atoms with Crippen molar-refractivity contribution >= 4 is 5.78 Å². The first-order chi connectivity index (χ1) is 8.04. The van der Waals surface area contributed by atoms with Crippen LogP contribution in [0.2, 0.25) is 0 Å². The molecule has 0 atom stereocenters. The average Bonchev–Trinajstić information content (AvgIpc) is 2.28. The quantitative estimate of drug-likeness (QED) is 0.823. The molecule has 0 aromatic heterocycles. The first-order valence-corrected chi connectivity index (χ1v) is 5.91. The molecule has 1 aromatic carbocycles. The summed E-state index contributed by atoms with van der Waals surface area (Å²) in [7, 11) is 1.67. The van der Waals surface area contributed by atoms with Gasteiger partial charge in [-0.25, -0.2) is 0 Å². The number of rotatable bonds is 6. The Morgan fingerprint density at radius 1 is 1.41 bits per heavy atom. The van der Waals surface area contributed by atoms with Gasteiger partial charge < -0.3 is 10.1 Å². The Labute approximate surface area is 103 Å². The lowest BCUT2D eigenvalue weighted by molar-refractivity contribution is -0.116. The highest BCUT2D eigenvalue weighted by molar-refractivity contribution is 5.77. The van der Waals surface area contributed by atoms with Crippen LogP contribution in [0.5, 0.6) is 5.75 Å². The van der Waals surface area contributed by atoms with Crippen molar-refractivity contribution < 1.29 is 9.53 Å². The monoisotopic (exact) mass is 235 g/mol. The van der Waals surface area contributed by atoms with Crippen LogP contribution in [-0.2, 0) is 11.3 Å². The summed E-state index contributed by atoms with van der Waals surface area (Å²) in [5.74, 6) is 1.51. The molecule has 0 unspecified atom stereocenters. The standard InChI is InChI=1S/C14H21NO2/c1-10(2)12-5-6-13(14(7-12)17-4)9-15-8-11(3)16/h5-7,10,15H,8-9H2,1-4H3. The van der Waals surface area contributed by atoms with E-state index < -0.39 is 0 Å². The van der Waals surface area contributed by atoms with Crippen molar-refractivity contribution in [3.05, 3.63) is 29.3 Å². The number of ether oxygens (including phenoxy) is 1. The predicted molar refractivity (Wildman–Crippen MR) is 69.5 cm³/mol. The number of methoxy groups -OCH3 is 1. The van der Waals surface area contributed by atoms with E-state index in [-0.39, 0.29) is 5.78 Å². The summed E-state index contributed by atoms with van der Waals surface area (Å²) in [4.78, 5) is 10.8. The third-order valence-electron chi connectivity index (χ3n) is 2.67. The highest BCUT2D eigenvalue weighted by atomic mass is 16.5. The maximum Gasteiger partial charge on any atom is 0.143 e. The Kier molecular flexibility index (Phi) is 5.16. The van der Waals surface area contributed by atoms with Gasteiger partial charge >= 0.3 is 0 Å². The van der Waals surface area contributed by atoms with E-state index >= 15 is 0 Å². The molecule has 0 heterocycles. The van der Waals surface area contributed by atoms with Gasteiger partial charge in [0.1, 0.15) is 11.5 Å². The molecular weight excluding hydrogens is 214 g/mol. The Morgan fingerprint density at radius 2 is 2.12 bits per heavy atom. The van der Waals surface area contributed by atoms with Gasteiger partial charge in [0.25, 0.3) is 0 Å². The fourth-order valence-electron chi connectivity index (χ4n) is 1.64. The van der Waals surface area contributed by atoms with E-state index in [1.807, 2.05) is 0 Å². The topological polar surface area (TPSA) is 38.3 Å². The van der Waals surface area contributed by atoms with Gasteiger partial charge in [0.2, 0.25) is 0 Å². The number of ketones is 1. The largest absolute Gasteiger partial charge is 0.496 e. The fourth-order valence-corrected chi connectivity index (χ4v) is 1.64. The lowest BCUT2D eigenvalue weighted by Crippen LogP contribution is -2.20. The second-order valence-electron chi connectivity index (χ2n) is 4.53. The fraction of sp³-hybridized carbons (Fsp3) is 0.500. The summed E-state index contributed by atoms with van der Waals surface area (Å²) < 4.78 is 5.37. The number of Topliss-reactive ketones (excluding diaryl/α,β-unsaturated/α-hetero) is 1. The minimum absolute atomic E-state index is 0.141. The zero-order valence-electron chi connectivity index (χ0n) is 11.0. The molecule has 3 nitrogen and oxygen atoms in total. The highest BCUT2D eigenvalue weighted by Gasteiger charge is 2.06. The summed E-state index contributed by atoms with van der Waals surface area (Å²) in [6, 6.07) is 6.23. The van der Waals surface area contributed by atoms with Crippen LogP contribution < -0.4 is 10.1 Å². The van der Waals surface area contributed by atoms with Crippen LogP contribution in [0.4, 0.5) is 0 Å². The number of nitrogens with one attached hydrogen (secondary N) is 1. The van der Waals surface area contributed by atoms with Crippen LogP contribution in [0, 0.1) is 0 Å². The van der Waals surface area contributed by atoms with Crippen molar-refractivity contribution in [2.75, 3.05) is 13.7 Å². The lowest BCUT2D eigenvalue weighted by Gasteiger charge is -2.12. The molecule has 1 N–H and O–H groups in total. The van der Waals surface area contributed by atoms with Gasteiger partial charge in [-0.3, -0.25) is 4.79 Å². The summed E-state index contributed by atoms with van der Waals surface area (Å²) in [6.07, 6.45) is 0. The molecule has 0 fully saturated rings. The maximum atomic E-state index is 10.8. The van der Waals surface area contributed by atoms with Crippen molar-refractivity contribution in [1.82, 2.24) is 5.32 Å². The second kappa shape index (κ2) is 6.40. The third kappa shape index (κ3) is 4.19. The third-order valence-corrected chi connectivity index (χ3v) is 2.67. The second-order valence-corrected chi connectivity index (χ2v) is 4.53. The van der Waals surface area contributed by atoms with Crippen molar-refractivity contribution in [2.45, 2.75) is 33.2 Å². The van der Waals surface area contributed by atoms with Gasteiger partial charge in [-0.2, -0.15) is 0 Å². The number of carbonyl (C=O) groups is 1. The molecular formula is C14H21NO2. The van der Waals surface area contributed by atoms with Crippen LogP contribution in [0.3, 0.4) is 0 Å². The molecule has 0 bridgehead atoms. The highest BCUT2D eigenvalue weighted by Crippen LogP contribution is 2.24. The molecule has 3 heteroatoms. The van der Waals surface area contributed by atoms with E-state index in [1.54, 1.807) is 14.0 Å². The van der Waals surface area contributed by atoms with E-state index in [1.165, 1.54) is 5.56 Å². The molecule has 0 saturated heterocycles. The van der Waals surface area contributed by atoms with E-state index in [0.717, 1.165) is 11.3 Å². The average molecular weight is 235 g/mol. The van der Waals surface area contributed by atoms with Crippen LogP contribution in [0.1, 0.15) is 37.8 Å². The number of carbonyl (C=O) groups excluding carboxylic acids is 1. The van der Waals surface area contributed by atoms with E-state index in [4.69, 9.17) is 4.74 Å². The summed E-state index contributed by atoms with van der Waals surface area (Å²) in [6.45, 7) is 6.94. The number of benzene rings is 1. The lowest BCUT2D eigenvalue weighted by atomic mass is 10.0. The predicted octanol–water partition coefficient (Wildman–Crippen LogP) is 2.50. The van der Waals surface area contributed by atoms with E-state index in [0.29, 0.717) is 19.0 Å². The van der Waals surface area contributed by atoms with Gasteiger partial charge in [0.15, 0.2) is 0 Å². The number of hydrogen-bond donors (Lipinski definition) is 1. The first-order valence-electron chi connectivity index (χ1n) is 5.91. The van der Waals surface area contributed by atoms with Crippen LogP contribution in [0.25, 0.3) is 0 Å². The molecule has 0 amide bonds. The van der Waals surface area contributed by atoms with Crippen molar-refractivity contribution in [3.8, 4) is 5.75 Å². The SMILES string of the molecule is COc1cc(C(C)C)ccc1CNCC(C)=O. The Bertz CT molecular complexity index is 386. The van der Waals surface area contributed by atoms with Gasteiger partial charge in [0, 0.05) is 12.1 Å². The number of hydrogen-bond acceptors (Lipinski definition) is 3. The molecule has 0 aliphatic rings. The van der Waals surface area contributed by atoms with Crippen molar-refractivity contribution in [1.29, 1.82) is 0 Å². The summed E-state index contributed by atoms with van der Waals surface area (Å²) >= 11 is 0. The minimum Gasteiger partial charge on any atom is -0.496 e. The zero-order chi connectivity index (χ0) is 12.8. The molecule has 1 rings (SSSR count). The Balaban J connectivity index is 2.74. The first kappa shape index (κ1) is 13.7. The molecule has 0 aliphatic carbocycles. The minimum atomic E-state index is 0.141. The normalized spacial score (nSPS) is 10.6. The van der Waals surface area contributed by atoms with Gasteiger partial charge in [-0.05, 0) is 24.5 Å². The Hall–Kier alpha value is -1.35. The molecule has 94 valence electrons. The zero-order valence-corrected chi connectivity index (χ0v) is 11.0. The molecule has 17 heavy (non-hydrogen) atoms. The van der Waals surface area contributed by atoms with Crippen molar-refractivity contribution in [3.63, 3.8) is 0 Å². The van der Waals surface area contributed by atoms with Gasteiger partial charge in [0.05, 0.1) is 13.7 Å². The summed E-state index contributed by atoms with van der Waals surface area (Å²) in [5.41, 5.74) is 2.34. The summed E-state index contributed by atoms with van der Waals surface area (Å²) in [5, 5.41) is 3.09. The van der Waals surface area contributed by atoms with Gasteiger partial charge in [-0.1, -0.05) is 26.0 Å². The van der Waals surface area contributed by atoms with Gasteiger partial charge in [-0.15, -0.1) is 0 Å². The molecule has 0 aliphatic heterocycles. The molecule has 1 aromatic rings. The molecule has 0 spiro atoms. The molecule has 0 saturated carbocycles. The molecule has 0 radical (unpaired) electrons. The van der Waals surface area contributed by atoms with E-state index in [2.05, 4.69) is 37.4 Å². The Morgan fingerprint density at radius 3 is 2.65 bits per heavy atom. The maximum absolute atomic E-state index is 10.8. The van der Waals surface area contributed by atoms with Crippen LogP contribution in [-0.4, -0.2) is 19.4 Å².